The summed E-state index contributed by atoms with van der Waals surface area (Å²) < 4.78 is 0. The number of halogens is 1. The summed E-state index contributed by atoms with van der Waals surface area (Å²) in [6, 6.07) is 4.88. The second-order valence-corrected chi connectivity index (χ2v) is 6.90. The summed E-state index contributed by atoms with van der Waals surface area (Å²) in [5.74, 6) is -1.92. The van der Waals surface area contributed by atoms with E-state index in [1.54, 1.807) is 24.3 Å². The van der Waals surface area contributed by atoms with Crippen LogP contribution in [0.3, 0.4) is 0 Å². The maximum Gasteiger partial charge on any atom is 0.329 e. The van der Waals surface area contributed by atoms with Crippen LogP contribution in [0.5, 0.6) is 0 Å². The van der Waals surface area contributed by atoms with Gasteiger partial charge in [-0.05, 0) is 43.5 Å². The number of amides is 4. The Kier molecular flexibility index (Phi) is 5.13. The van der Waals surface area contributed by atoms with Crippen LogP contribution in [0.25, 0.3) is 0 Å². The molecule has 1 saturated heterocycles. The van der Waals surface area contributed by atoms with Crippen LogP contribution in [0.2, 0.25) is 5.02 Å². The molecule has 3 rings (SSSR count). The number of nitrogens with one attached hydrogen (secondary N) is 2. The van der Waals surface area contributed by atoms with Crippen LogP contribution in [-0.2, 0) is 14.4 Å². The van der Waals surface area contributed by atoms with Crippen molar-refractivity contribution in [2.75, 3.05) is 4.90 Å². The van der Waals surface area contributed by atoms with Gasteiger partial charge in [-0.2, -0.15) is 0 Å². The van der Waals surface area contributed by atoms with Crippen molar-refractivity contribution in [3.8, 4) is 0 Å². The van der Waals surface area contributed by atoms with E-state index in [1.165, 1.54) is 0 Å². The summed E-state index contributed by atoms with van der Waals surface area (Å²) in [6.45, 7) is 0. The Hall–Kier alpha value is -2.61. The molecule has 0 radical (unpaired) electrons. The molecule has 26 heavy (non-hydrogen) atoms. The number of hydrogen-bond acceptors (Lipinski definition) is 4. The predicted molar refractivity (Wildman–Crippen MR) is 92.8 cm³/mol. The molecule has 1 unspecified atom stereocenters. The Bertz CT molecular complexity index is 745. The van der Waals surface area contributed by atoms with Crippen molar-refractivity contribution in [2.45, 2.75) is 37.8 Å². The summed E-state index contributed by atoms with van der Waals surface area (Å²) in [5, 5.41) is 14.6. The number of imide groups is 1. The van der Waals surface area contributed by atoms with Gasteiger partial charge in [0, 0.05) is 17.5 Å². The molecule has 8 nitrogen and oxygen atoms in total. The van der Waals surface area contributed by atoms with Gasteiger partial charge in [0.05, 0.1) is 11.6 Å². The summed E-state index contributed by atoms with van der Waals surface area (Å²) >= 11 is 5.81. The average Bonchev–Trinajstić information content (AvgIpc) is 2.83. The van der Waals surface area contributed by atoms with Gasteiger partial charge in [-0.25, -0.2) is 9.69 Å². The molecular weight excluding hydrogens is 362 g/mol. The third kappa shape index (κ3) is 3.80. The molecule has 1 aromatic rings. The quantitative estimate of drug-likeness (QED) is 0.648. The highest BCUT2D eigenvalue weighted by Crippen LogP contribution is 2.27. The molecule has 1 atom stereocenters. The Morgan fingerprint density at radius 1 is 1.23 bits per heavy atom. The first kappa shape index (κ1) is 18.2. The van der Waals surface area contributed by atoms with Gasteiger partial charge in [0.2, 0.25) is 5.91 Å². The number of carbonyl (C=O) groups is 4. The molecule has 1 aliphatic heterocycles. The number of carboxylic acids is 1. The summed E-state index contributed by atoms with van der Waals surface area (Å²) in [4.78, 5) is 48.2. The third-order valence-electron chi connectivity index (χ3n) is 4.62. The van der Waals surface area contributed by atoms with E-state index in [2.05, 4.69) is 10.6 Å². The molecule has 1 aliphatic carbocycles. The van der Waals surface area contributed by atoms with Crippen LogP contribution >= 0.6 is 11.6 Å². The van der Waals surface area contributed by atoms with Crippen molar-refractivity contribution in [1.82, 2.24) is 10.6 Å². The van der Waals surface area contributed by atoms with E-state index in [-0.39, 0.29) is 24.8 Å². The van der Waals surface area contributed by atoms with Crippen LogP contribution in [0.4, 0.5) is 10.5 Å². The van der Waals surface area contributed by atoms with Crippen molar-refractivity contribution in [3.05, 3.63) is 29.3 Å². The number of anilines is 1. The molecule has 0 aromatic heterocycles. The largest absolute Gasteiger partial charge is 0.481 e. The Labute approximate surface area is 154 Å². The third-order valence-corrected chi connectivity index (χ3v) is 4.87. The highest BCUT2D eigenvalue weighted by Gasteiger charge is 2.39. The Morgan fingerprint density at radius 2 is 1.88 bits per heavy atom. The fraction of sp³-hybridized carbons (Fsp3) is 0.412. The zero-order valence-electron chi connectivity index (χ0n) is 13.8. The van der Waals surface area contributed by atoms with Gasteiger partial charge in [-0.15, -0.1) is 0 Å². The monoisotopic (exact) mass is 379 g/mol. The Balaban J connectivity index is 1.49. The van der Waals surface area contributed by atoms with Gasteiger partial charge in [0.1, 0.15) is 6.04 Å². The molecule has 3 N–H and O–H groups in total. The number of aliphatic carboxylic acids is 1. The molecule has 1 heterocycles. The van der Waals surface area contributed by atoms with Gasteiger partial charge in [0.25, 0.3) is 5.91 Å². The van der Waals surface area contributed by atoms with Crippen molar-refractivity contribution in [1.29, 1.82) is 0 Å². The summed E-state index contributed by atoms with van der Waals surface area (Å²) in [5.41, 5.74) is 0.415. The Morgan fingerprint density at radius 3 is 2.50 bits per heavy atom. The lowest BCUT2D eigenvalue weighted by atomic mass is 9.80. The number of nitrogens with zero attached hydrogens (tertiary/aromatic N) is 1. The van der Waals surface area contributed by atoms with Crippen LogP contribution in [-0.4, -0.2) is 41.0 Å². The molecule has 4 amide bonds. The number of rotatable bonds is 6. The first-order chi connectivity index (χ1) is 12.3. The fourth-order valence-corrected chi connectivity index (χ4v) is 3.20. The SMILES string of the molecule is O=C(CCC1NC(=O)N(c2ccc(Cl)cc2)C1=O)NC1CC(C(=O)O)C1. The lowest BCUT2D eigenvalue weighted by Gasteiger charge is -2.32. The van der Waals surface area contributed by atoms with Crippen molar-refractivity contribution < 1.29 is 24.3 Å². The topological polar surface area (TPSA) is 116 Å². The standard InChI is InChI=1S/C17H18ClN3O5/c18-10-1-3-12(4-2-10)21-15(23)13(20-17(21)26)5-6-14(22)19-11-7-9(8-11)16(24)25/h1-4,9,11,13H,5-8H2,(H,19,22)(H,20,26)(H,24,25). The molecule has 0 bridgehead atoms. The van der Waals surface area contributed by atoms with E-state index in [9.17, 15) is 19.2 Å². The number of hydrogen-bond donors (Lipinski definition) is 3. The number of carboxylic acid groups (broad SMARTS) is 1. The van der Waals surface area contributed by atoms with Crippen molar-refractivity contribution in [2.24, 2.45) is 5.92 Å². The second kappa shape index (κ2) is 7.33. The minimum atomic E-state index is -0.850. The van der Waals surface area contributed by atoms with Gasteiger partial charge < -0.3 is 15.7 Å². The number of urea groups is 1. The van der Waals surface area contributed by atoms with E-state index < -0.39 is 29.9 Å². The van der Waals surface area contributed by atoms with Gasteiger partial charge >= 0.3 is 12.0 Å². The highest BCUT2D eigenvalue weighted by molar-refractivity contribution is 6.30. The van der Waals surface area contributed by atoms with Gasteiger partial charge in [0.15, 0.2) is 0 Å². The van der Waals surface area contributed by atoms with Crippen molar-refractivity contribution in [3.63, 3.8) is 0 Å². The first-order valence-corrected chi connectivity index (χ1v) is 8.65. The lowest BCUT2D eigenvalue weighted by molar-refractivity contribution is -0.146. The summed E-state index contributed by atoms with van der Waals surface area (Å²) in [6.07, 6.45) is 1.09. The normalized spacial score (nSPS) is 24.8. The molecule has 1 aromatic carbocycles. The van der Waals surface area contributed by atoms with E-state index in [0.717, 1.165) is 4.90 Å². The van der Waals surface area contributed by atoms with E-state index in [4.69, 9.17) is 16.7 Å². The molecule has 2 aliphatic rings. The van der Waals surface area contributed by atoms with Crippen LogP contribution in [0.15, 0.2) is 24.3 Å². The maximum atomic E-state index is 12.4. The number of benzene rings is 1. The van der Waals surface area contributed by atoms with E-state index >= 15 is 0 Å². The van der Waals surface area contributed by atoms with Crippen LogP contribution < -0.4 is 15.5 Å². The van der Waals surface area contributed by atoms with Gasteiger partial charge in [-0.3, -0.25) is 14.4 Å². The number of carbonyl (C=O) groups excluding carboxylic acids is 3. The van der Waals surface area contributed by atoms with E-state index in [1.807, 2.05) is 0 Å². The first-order valence-electron chi connectivity index (χ1n) is 8.27. The maximum absolute atomic E-state index is 12.4. The lowest BCUT2D eigenvalue weighted by Crippen LogP contribution is -2.47. The van der Waals surface area contributed by atoms with E-state index in [0.29, 0.717) is 23.6 Å². The smallest absolute Gasteiger partial charge is 0.329 e. The minimum absolute atomic E-state index is 0.0688. The van der Waals surface area contributed by atoms with Gasteiger partial charge in [-0.1, -0.05) is 11.6 Å². The summed E-state index contributed by atoms with van der Waals surface area (Å²) in [7, 11) is 0. The molecule has 2 fully saturated rings. The van der Waals surface area contributed by atoms with Crippen LogP contribution in [0, 0.1) is 5.92 Å². The zero-order valence-corrected chi connectivity index (χ0v) is 14.5. The molecule has 138 valence electrons. The average molecular weight is 380 g/mol. The van der Waals surface area contributed by atoms with Crippen molar-refractivity contribution >= 4 is 41.1 Å². The zero-order chi connectivity index (χ0) is 18.8. The van der Waals surface area contributed by atoms with Crippen LogP contribution in [0.1, 0.15) is 25.7 Å². The highest BCUT2D eigenvalue weighted by atomic mass is 35.5. The molecule has 0 spiro atoms. The minimum Gasteiger partial charge on any atom is -0.481 e. The second-order valence-electron chi connectivity index (χ2n) is 6.46. The molecular formula is C17H18ClN3O5. The predicted octanol–water partition coefficient (Wildman–Crippen LogP) is 1.52. The molecule has 1 saturated carbocycles. The fourth-order valence-electron chi connectivity index (χ4n) is 3.07. The molecule has 9 heteroatoms.